The molecule has 232 valence electrons. The van der Waals surface area contributed by atoms with Gasteiger partial charge in [-0.15, -0.1) is 13.2 Å². The van der Waals surface area contributed by atoms with Crippen LogP contribution in [0.1, 0.15) is 45.8 Å². The van der Waals surface area contributed by atoms with Crippen molar-refractivity contribution < 1.29 is 37.0 Å². The molecule has 3 N–H and O–H groups in total. The minimum absolute atomic E-state index is 0.178. The van der Waals surface area contributed by atoms with Crippen LogP contribution in [-0.2, 0) is 22.7 Å². The van der Waals surface area contributed by atoms with Gasteiger partial charge in [0.25, 0.3) is 11.8 Å². The molecule has 0 saturated carbocycles. The van der Waals surface area contributed by atoms with E-state index in [1.165, 1.54) is 19.1 Å². The number of ether oxygens (including phenoxy) is 2. The first-order chi connectivity index (χ1) is 20.9. The van der Waals surface area contributed by atoms with Gasteiger partial charge >= 0.3 is 5.97 Å². The van der Waals surface area contributed by atoms with Crippen molar-refractivity contribution in [1.82, 2.24) is 15.3 Å². The predicted molar refractivity (Wildman–Crippen MR) is 156 cm³/mol. The minimum atomic E-state index is -1.24. The standard InChI is InChI=1S/C31H31F3N4O6/c1-5-18(3)36-31(42)27-29(44-16-20-10-8-7-9-11-20)28(40)24(15-38(27)37-22(6-2)17-43-19(4)39)30(41)35-14-23-25(33)12-21(32)13-26(23)34/h5-13,15,18,22,37H,1-2,14,16-17H2,3-4H3,(H,35,41)(H,36,42)/t18-,22+/m0/s1. The quantitative estimate of drug-likeness (QED) is 0.187. The normalized spacial score (nSPS) is 11.9. The molecule has 2 aromatic carbocycles. The van der Waals surface area contributed by atoms with Gasteiger partial charge in [-0.2, -0.15) is 0 Å². The van der Waals surface area contributed by atoms with Crippen molar-refractivity contribution in [3.05, 3.63) is 124 Å². The Morgan fingerprint density at radius 2 is 1.68 bits per heavy atom. The second kappa shape index (κ2) is 15.2. The van der Waals surface area contributed by atoms with Gasteiger partial charge in [0.15, 0.2) is 11.4 Å². The summed E-state index contributed by atoms with van der Waals surface area (Å²) in [4.78, 5) is 51.9. The van der Waals surface area contributed by atoms with Gasteiger partial charge in [0.1, 0.15) is 36.2 Å². The van der Waals surface area contributed by atoms with Crippen LogP contribution in [0, 0.1) is 17.5 Å². The fourth-order valence-electron chi connectivity index (χ4n) is 3.81. The topological polar surface area (TPSA) is 128 Å². The van der Waals surface area contributed by atoms with Gasteiger partial charge in [0, 0.05) is 43.4 Å². The number of carbonyl (C=O) groups excluding carboxylic acids is 3. The molecular formula is C31H31F3N4O6. The first-order valence-electron chi connectivity index (χ1n) is 13.3. The van der Waals surface area contributed by atoms with Crippen molar-refractivity contribution in [2.24, 2.45) is 0 Å². The molecule has 13 heteroatoms. The van der Waals surface area contributed by atoms with E-state index in [1.807, 2.05) is 0 Å². The SMILES string of the molecule is C=C[C@H](COC(C)=O)Nn1cc(C(=O)NCc2c(F)cc(F)cc2F)c(=O)c(OCc2ccccc2)c1C(=O)N[C@@H](C)C=C. The zero-order chi connectivity index (χ0) is 32.4. The fraction of sp³-hybridized carbons (Fsp3) is 0.226. The molecule has 0 aliphatic heterocycles. The number of rotatable bonds is 14. The molecule has 0 spiro atoms. The molecule has 2 amide bonds. The number of benzene rings is 2. The van der Waals surface area contributed by atoms with Crippen molar-refractivity contribution in [2.75, 3.05) is 12.0 Å². The van der Waals surface area contributed by atoms with Crippen LogP contribution in [0.5, 0.6) is 5.75 Å². The van der Waals surface area contributed by atoms with Crippen LogP contribution >= 0.6 is 0 Å². The fourth-order valence-corrected chi connectivity index (χ4v) is 3.81. The van der Waals surface area contributed by atoms with Crippen LogP contribution in [0.15, 0.2) is 78.8 Å². The number of hydrogen-bond acceptors (Lipinski definition) is 7. The Morgan fingerprint density at radius 1 is 1.02 bits per heavy atom. The number of nitrogens with zero attached hydrogens (tertiary/aromatic N) is 1. The number of nitrogens with one attached hydrogen (secondary N) is 3. The van der Waals surface area contributed by atoms with Crippen LogP contribution in [0.25, 0.3) is 0 Å². The molecule has 10 nitrogen and oxygen atoms in total. The molecule has 1 heterocycles. The number of pyridine rings is 1. The number of hydrogen-bond donors (Lipinski definition) is 3. The summed E-state index contributed by atoms with van der Waals surface area (Å²) in [6.45, 7) is 8.99. The average molecular weight is 613 g/mol. The van der Waals surface area contributed by atoms with Crippen molar-refractivity contribution in [1.29, 1.82) is 0 Å². The molecule has 1 aromatic heterocycles. The van der Waals surface area contributed by atoms with Crippen LogP contribution in [0.2, 0.25) is 0 Å². The van der Waals surface area contributed by atoms with Gasteiger partial charge in [0.05, 0.1) is 6.04 Å². The van der Waals surface area contributed by atoms with Gasteiger partial charge < -0.3 is 25.5 Å². The largest absolute Gasteiger partial charge is 0.482 e. The van der Waals surface area contributed by atoms with E-state index in [-0.39, 0.29) is 18.9 Å². The lowest BCUT2D eigenvalue weighted by molar-refractivity contribution is -0.141. The molecule has 3 rings (SSSR count). The zero-order valence-corrected chi connectivity index (χ0v) is 24.0. The molecule has 0 unspecified atom stereocenters. The van der Waals surface area contributed by atoms with Gasteiger partial charge in [-0.3, -0.25) is 23.9 Å². The smallest absolute Gasteiger partial charge is 0.302 e. The average Bonchev–Trinajstić information content (AvgIpc) is 2.98. The van der Waals surface area contributed by atoms with Crippen LogP contribution in [0.4, 0.5) is 13.2 Å². The molecule has 0 aliphatic carbocycles. The van der Waals surface area contributed by atoms with Gasteiger partial charge in [-0.05, 0) is 12.5 Å². The van der Waals surface area contributed by atoms with E-state index in [1.54, 1.807) is 37.3 Å². The number of esters is 1. The van der Waals surface area contributed by atoms with E-state index < -0.39 is 76.2 Å². The predicted octanol–water partition coefficient (Wildman–Crippen LogP) is 3.74. The van der Waals surface area contributed by atoms with Gasteiger partial charge in [-0.25, -0.2) is 13.2 Å². The summed E-state index contributed by atoms with van der Waals surface area (Å²) in [6, 6.07) is 8.19. The Kier molecular flexibility index (Phi) is 11.5. The molecule has 2 atom stereocenters. The lowest BCUT2D eigenvalue weighted by atomic mass is 10.1. The Morgan fingerprint density at radius 3 is 2.27 bits per heavy atom. The summed E-state index contributed by atoms with van der Waals surface area (Å²) in [6.07, 6.45) is 3.79. The maximum atomic E-state index is 14.2. The molecule has 0 fully saturated rings. The summed E-state index contributed by atoms with van der Waals surface area (Å²) in [7, 11) is 0. The van der Waals surface area contributed by atoms with E-state index in [0.717, 1.165) is 10.9 Å². The lowest BCUT2D eigenvalue weighted by Crippen LogP contribution is -2.41. The molecular weight excluding hydrogens is 581 g/mol. The Balaban J connectivity index is 2.13. The van der Waals surface area contributed by atoms with Crippen LogP contribution in [-0.4, -0.2) is 41.2 Å². The third kappa shape index (κ3) is 8.60. The second-order valence-corrected chi connectivity index (χ2v) is 9.50. The Bertz CT molecular complexity index is 1590. The highest BCUT2D eigenvalue weighted by Gasteiger charge is 2.28. The summed E-state index contributed by atoms with van der Waals surface area (Å²) in [5, 5.41) is 4.88. The summed E-state index contributed by atoms with van der Waals surface area (Å²) in [5.74, 6) is -6.62. The number of carbonyl (C=O) groups is 3. The van der Waals surface area contributed by atoms with E-state index in [0.29, 0.717) is 17.7 Å². The highest BCUT2D eigenvalue weighted by atomic mass is 19.1. The molecule has 0 aliphatic rings. The monoisotopic (exact) mass is 612 g/mol. The molecule has 44 heavy (non-hydrogen) atoms. The van der Waals surface area contributed by atoms with E-state index in [4.69, 9.17) is 9.47 Å². The first-order valence-corrected chi connectivity index (χ1v) is 13.3. The van der Waals surface area contributed by atoms with Gasteiger partial charge in [-0.1, -0.05) is 42.5 Å². The van der Waals surface area contributed by atoms with Crippen LogP contribution in [0.3, 0.4) is 0 Å². The maximum absolute atomic E-state index is 14.2. The molecule has 0 saturated heterocycles. The van der Waals surface area contributed by atoms with Crippen molar-refractivity contribution in [3.8, 4) is 5.75 Å². The third-order valence-corrected chi connectivity index (χ3v) is 6.15. The highest BCUT2D eigenvalue weighted by Crippen LogP contribution is 2.19. The highest BCUT2D eigenvalue weighted by molar-refractivity contribution is 5.99. The van der Waals surface area contributed by atoms with E-state index in [9.17, 15) is 32.3 Å². The second-order valence-electron chi connectivity index (χ2n) is 9.50. The van der Waals surface area contributed by atoms with Gasteiger partial charge in [0.2, 0.25) is 5.43 Å². The molecule has 0 bridgehead atoms. The molecule has 3 aromatic rings. The number of amides is 2. The van der Waals surface area contributed by atoms with E-state index in [2.05, 4.69) is 29.2 Å². The number of halogens is 3. The molecule has 0 radical (unpaired) electrons. The maximum Gasteiger partial charge on any atom is 0.302 e. The Hall–Kier alpha value is -5.33. The third-order valence-electron chi connectivity index (χ3n) is 6.15. The van der Waals surface area contributed by atoms with E-state index >= 15 is 0 Å². The number of aromatic nitrogens is 1. The summed E-state index contributed by atoms with van der Waals surface area (Å²) in [5.41, 5.74) is 0.920. The van der Waals surface area contributed by atoms with Crippen LogP contribution < -0.4 is 26.2 Å². The minimum Gasteiger partial charge on any atom is -0.482 e. The summed E-state index contributed by atoms with van der Waals surface area (Å²) < 4.78 is 53.6. The van der Waals surface area contributed by atoms with Crippen molar-refractivity contribution in [2.45, 2.75) is 39.1 Å². The van der Waals surface area contributed by atoms with Crippen molar-refractivity contribution in [3.63, 3.8) is 0 Å². The summed E-state index contributed by atoms with van der Waals surface area (Å²) >= 11 is 0. The zero-order valence-electron chi connectivity index (χ0n) is 24.0. The lowest BCUT2D eigenvalue weighted by Gasteiger charge is -2.24. The van der Waals surface area contributed by atoms with Crippen molar-refractivity contribution >= 4 is 17.8 Å². The Labute approximate surface area is 251 Å². The first kappa shape index (κ1) is 33.2.